The number of hydrogen-bond donors (Lipinski definition) is 2. The molecule has 1 heterocycles. The van der Waals surface area contributed by atoms with Gasteiger partial charge in [-0.15, -0.1) is 0 Å². The number of rotatable bonds is 17. The van der Waals surface area contributed by atoms with Gasteiger partial charge in [-0.1, -0.05) is 284 Å². The lowest BCUT2D eigenvalue weighted by Crippen LogP contribution is -2.32. The molecule has 1 aliphatic heterocycles. The Bertz CT molecular complexity index is 3040. The number of hydrogen-bond acceptors (Lipinski definition) is 3. The van der Waals surface area contributed by atoms with Crippen LogP contribution in [0.5, 0.6) is 0 Å². The summed E-state index contributed by atoms with van der Waals surface area (Å²) in [6.07, 6.45) is 0.810. The number of carbonyl (C=O) groups excluding carboxylic acids is 1. The Morgan fingerprint density at radius 1 is 0.407 bits per heavy atom. The monoisotopic (exact) mass is 1100 g/mol. The van der Waals surface area contributed by atoms with Crippen LogP contribution in [0.2, 0.25) is 0 Å². The lowest BCUT2D eigenvalue weighted by molar-refractivity contribution is -0.119. The van der Waals surface area contributed by atoms with Gasteiger partial charge in [0.1, 0.15) is 5.78 Å². The Kier molecular flexibility index (Phi) is 18.6. The second-order valence-electron chi connectivity index (χ2n) is 28.4. The molecule has 4 atom stereocenters. The Morgan fingerprint density at radius 2 is 0.704 bits per heavy atom. The predicted molar refractivity (Wildman–Crippen MR) is 347 cm³/mol. The Morgan fingerprint density at radius 3 is 0.988 bits per heavy atom. The largest absolute Gasteiger partial charge is 0.395 e. The van der Waals surface area contributed by atoms with Gasteiger partial charge in [-0.2, -0.15) is 0 Å². The molecule has 7 aromatic rings. The van der Waals surface area contributed by atoms with Crippen molar-refractivity contribution in [2.45, 2.75) is 206 Å². The number of Topliss-reactive ketones (excluding diaryl/α,β-unsaturated/α-hetero) is 1. The first-order chi connectivity index (χ1) is 38.1. The summed E-state index contributed by atoms with van der Waals surface area (Å²) in [4.78, 5) is 15.6. The molecule has 1 fully saturated rings. The van der Waals surface area contributed by atoms with Crippen LogP contribution < -0.4 is 5.30 Å². The maximum Gasteiger partial charge on any atom is 0.134 e. The minimum absolute atomic E-state index is 0.00455. The highest BCUT2D eigenvalue weighted by Crippen LogP contribution is 2.69. The average molecular weight is 1100 g/mol. The van der Waals surface area contributed by atoms with E-state index < -0.39 is 18.8 Å². The van der Waals surface area contributed by atoms with Crippen LogP contribution in [0.1, 0.15) is 273 Å². The SMILES string of the molecule is CC(C)c1cccc(C(C)C)c1C(c1ccccc1)c1cccc(C(c2ccccc2)c2c(C(C)C)cccc2C(C)C)c1P1C(c2cc(C(C)(C)C)cc(C(C)(C)CO)c2)CC(=O)CC1c1cc(C(C)(C)C)cc(C(C)(C)CO)c1. The second kappa shape index (κ2) is 24.4. The molecule has 2 N–H and O–H groups in total. The zero-order valence-corrected chi connectivity index (χ0v) is 53.5. The topological polar surface area (TPSA) is 57.5 Å². The summed E-state index contributed by atoms with van der Waals surface area (Å²) in [7, 11) is -1.39. The highest BCUT2D eigenvalue weighted by Gasteiger charge is 2.45. The van der Waals surface area contributed by atoms with Crippen LogP contribution in [0.4, 0.5) is 0 Å². The van der Waals surface area contributed by atoms with Gasteiger partial charge in [-0.25, -0.2) is 0 Å². The van der Waals surface area contributed by atoms with Gasteiger partial charge in [0.05, 0.1) is 13.2 Å². The van der Waals surface area contributed by atoms with Crippen LogP contribution in [0.15, 0.2) is 152 Å². The fraction of sp³-hybridized carbons (Fsp3) is 0.442. The standard InChI is InChI=1S/C77H97O3P/c1-48(2)61-32-25-33-62(49(3)4)71(61)69(52-28-21-19-22-29-52)65-36-27-37-66(70(53-30-23-20-24-31-53)72-63(50(5)6)34-26-35-64(72)51(7)8)73(65)81-67(54-38-56(74(9,10)11)42-58(40-54)76(15,16)46-78)44-60(80)45-68(81)55-39-57(75(12,13)14)43-59(41-55)77(17,18)47-79/h19-43,48-51,67-70,78-79H,44-47H2,1-18H3. The summed E-state index contributed by atoms with van der Waals surface area (Å²) in [5.41, 5.74) is 18.4. The first kappa shape index (κ1) is 61.6. The molecule has 7 aromatic carbocycles. The molecule has 3 nitrogen and oxygen atoms in total. The average Bonchev–Trinajstić information content (AvgIpc) is 3.44. The first-order valence-corrected chi connectivity index (χ1v) is 31.9. The smallest absolute Gasteiger partial charge is 0.134 e. The highest BCUT2D eigenvalue weighted by molar-refractivity contribution is 7.66. The molecular formula is C77H97O3P. The zero-order valence-electron chi connectivity index (χ0n) is 52.6. The molecule has 0 aliphatic carbocycles. The Balaban J connectivity index is 1.68. The van der Waals surface area contributed by atoms with E-state index in [2.05, 4.69) is 276 Å². The van der Waals surface area contributed by atoms with Gasteiger partial charge >= 0.3 is 0 Å². The molecule has 0 bridgehead atoms. The van der Waals surface area contributed by atoms with Gasteiger partial charge in [0.15, 0.2) is 0 Å². The van der Waals surface area contributed by atoms with Crippen molar-refractivity contribution in [2.24, 2.45) is 0 Å². The molecule has 81 heavy (non-hydrogen) atoms. The summed E-state index contributed by atoms with van der Waals surface area (Å²) in [5, 5.41) is 23.8. The number of benzene rings is 7. The van der Waals surface area contributed by atoms with E-state index in [1.165, 1.54) is 83.2 Å². The number of aliphatic hydroxyl groups excluding tert-OH is 2. The van der Waals surface area contributed by atoms with E-state index in [9.17, 15) is 10.2 Å². The molecule has 1 aliphatic rings. The summed E-state index contributed by atoms with van der Waals surface area (Å²) >= 11 is 0. The van der Waals surface area contributed by atoms with Gasteiger partial charge in [0.2, 0.25) is 0 Å². The van der Waals surface area contributed by atoms with Crippen LogP contribution in [0.25, 0.3) is 0 Å². The Hall–Kier alpha value is -5.44. The summed E-state index contributed by atoms with van der Waals surface area (Å²) in [6.45, 7) is 41.2. The van der Waals surface area contributed by atoms with Gasteiger partial charge in [-0.05, 0) is 129 Å². The van der Waals surface area contributed by atoms with Gasteiger partial charge in [0, 0.05) is 46.8 Å². The van der Waals surface area contributed by atoms with E-state index in [0.717, 1.165) is 11.1 Å². The third kappa shape index (κ3) is 12.9. The Labute approximate surface area is 491 Å². The predicted octanol–water partition coefficient (Wildman–Crippen LogP) is 19.6. The van der Waals surface area contributed by atoms with Crippen molar-refractivity contribution in [1.82, 2.24) is 0 Å². The zero-order chi connectivity index (χ0) is 59.1. The highest BCUT2D eigenvalue weighted by atomic mass is 31.1. The minimum atomic E-state index is -1.39. The third-order valence-electron chi connectivity index (χ3n) is 17.9. The van der Waals surface area contributed by atoms with E-state index in [1.807, 2.05) is 0 Å². The summed E-state index contributed by atoms with van der Waals surface area (Å²) < 4.78 is 0. The molecule has 8 rings (SSSR count). The molecule has 0 saturated carbocycles. The van der Waals surface area contributed by atoms with Crippen molar-refractivity contribution < 1.29 is 15.0 Å². The molecule has 0 amide bonds. The maximum absolute atomic E-state index is 15.6. The van der Waals surface area contributed by atoms with Gasteiger partial charge in [-0.3, -0.25) is 4.79 Å². The van der Waals surface area contributed by atoms with Crippen LogP contribution in [-0.4, -0.2) is 29.2 Å². The fourth-order valence-corrected chi connectivity index (χ4v) is 16.6. The fourth-order valence-electron chi connectivity index (χ4n) is 12.8. The van der Waals surface area contributed by atoms with E-state index in [1.54, 1.807) is 0 Å². The second-order valence-corrected chi connectivity index (χ2v) is 31.0. The van der Waals surface area contributed by atoms with Crippen molar-refractivity contribution >= 4 is 19.0 Å². The summed E-state index contributed by atoms with van der Waals surface area (Å²) in [6, 6.07) is 58.4. The molecule has 4 unspecified atom stereocenters. The van der Waals surface area contributed by atoms with Crippen LogP contribution in [0.3, 0.4) is 0 Å². The molecule has 428 valence electrons. The van der Waals surface area contributed by atoms with Gasteiger partial charge < -0.3 is 10.2 Å². The normalized spacial score (nSPS) is 17.4. The first-order valence-electron chi connectivity index (χ1n) is 30.4. The quantitative estimate of drug-likeness (QED) is 0.0706. The van der Waals surface area contributed by atoms with E-state index in [-0.39, 0.29) is 76.7 Å². The molecule has 1 saturated heterocycles. The lowest BCUT2D eigenvalue weighted by Gasteiger charge is -2.44. The molecule has 0 spiro atoms. The number of aliphatic hydroxyl groups is 2. The molecule has 0 aromatic heterocycles. The van der Waals surface area contributed by atoms with Crippen molar-refractivity contribution in [2.75, 3.05) is 13.2 Å². The number of carbonyl (C=O) groups is 1. The van der Waals surface area contributed by atoms with E-state index in [4.69, 9.17) is 0 Å². The third-order valence-corrected chi connectivity index (χ3v) is 21.3. The minimum Gasteiger partial charge on any atom is -0.395 e. The molecule has 0 radical (unpaired) electrons. The van der Waals surface area contributed by atoms with Crippen LogP contribution in [0, 0.1) is 0 Å². The van der Waals surface area contributed by atoms with Crippen molar-refractivity contribution in [3.8, 4) is 0 Å². The van der Waals surface area contributed by atoms with Crippen molar-refractivity contribution in [3.05, 3.63) is 241 Å². The molecular weight excluding hydrogens is 1000 g/mol. The lowest BCUT2D eigenvalue weighted by atomic mass is 9.73. The molecule has 4 heteroatoms. The van der Waals surface area contributed by atoms with Crippen LogP contribution >= 0.6 is 7.92 Å². The maximum atomic E-state index is 15.6. The number of ketones is 1. The van der Waals surface area contributed by atoms with E-state index in [0.29, 0.717) is 12.8 Å². The van der Waals surface area contributed by atoms with Crippen molar-refractivity contribution in [1.29, 1.82) is 0 Å². The van der Waals surface area contributed by atoms with Gasteiger partial charge in [0.25, 0.3) is 0 Å². The summed E-state index contributed by atoms with van der Waals surface area (Å²) in [5.74, 6) is 0.959. The van der Waals surface area contributed by atoms with Crippen LogP contribution in [-0.2, 0) is 26.5 Å². The van der Waals surface area contributed by atoms with E-state index >= 15 is 4.79 Å². The van der Waals surface area contributed by atoms with Crippen molar-refractivity contribution in [3.63, 3.8) is 0 Å².